The van der Waals surface area contributed by atoms with Gasteiger partial charge >= 0.3 is 0 Å². The molecular weight excluding hydrogens is 214 g/mol. The van der Waals surface area contributed by atoms with Gasteiger partial charge in [0.15, 0.2) is 0 Å². The number of hydrogen-bond acceptors (Lipinski definition) is 3. The van der Waals surface area contributed by atoms with Crippen molar-refractivity contribution in [2.75, 3.05) is 0 Å². The summed E-state index contributed by atoms with van der Waals surface area (Å²) in [5.74, 6) is 0.823. The third-order valence-electron chi connectivity index (χ3n) is 2.52. The number of ether oxygens (including phenoxy) is 1. The van der Waals surface area contributed by atoms with E-state index in [0.29, 0.717) is 6.61 Å². The summed E-state index contributed by atoms with van der Waals surface area (Å²) < 4.78 is 7.40. The van der Waals surface area contributed by atoms with Crippen LogP contribution in [0.2, 0.25) is 0 Å². The molecule has 0 saturated heterocycles. The first-order valence-electron chi connectivity index (χ1n) is 5.39. The van der Waals surface area contributed by atoms with E-state index >= 15 is 0 Å². The molecule has 0 spiro atoms. The van der Waals surface area contributed by atoms with Gasteiger partial charge in [-0.3, -0.25) is 0 Å². The van der Waals surface area contributed by atoms with E-state index in [9.17, 15) is 0 Å². The highest BCUT2D eigenvalue weighted by atomic mass is 16.5. The van der Waals surface area contributed by atoms with Crippen LogP contribution >= 0.6 is 0 Å². The predicted octanol–water partition coefficient (Wildman–Crippen LogP) is 2.31. The number of fused-ring (bicyclic) bond motifs is 1. The number of aromatic nitrogens is 3. The molecule has 0 aliphatic heterocycles. The predicted molar refractivity (Wildman–Crippen MR) is 63.8 cm³/mol. The minimum atomic E-state index is 0.568. The van der Waals surface area contributed by atoms with Gasteiger partial charge in [0, 0.05) is 12.3 Å². The molecule has 0 amide bonds. The Morgan fingerprint density at radius 2 is 2.00 bits per heavy atom. The van der Waals surface area contributed by atoms with Gasteiger partial charge in [0.05, 0.1) is 11.7 Å². The molecule has 0 aliphatic carbocycles. The van der Waals surface area contributed by atoms with E-state index in [4.69, 9.17) is 4.74 Å². The second-order valence-corrected chi connectivity index (χ2v) is 3.74. The molecule has 0 saturated carbocycles. The Hall–Kier alpha value is -2.36. The molecule has 0 unspecified atom stereocenters. The summed E-state index contributed by atoms with van der Waals surface area (Å²) in [7, 11) is 0. The molecule has 0 N–H and O–H groups in total. The number of benzene rings is 1. The molecule has 2 heterocycles. The molecule has 4 heteroatoms. The Bertz CT molecular complexity index is 619. The zero-order valence-corrected chi connectivity index (χ0v) is 9.15. The lowest BCUT2D eigenvalue weighted by Gasteiger charge is -2.06. The van der Waals surface area contributed by atoms with Crippen LogP contribution in [0.25, 0.3) is 5.52 Å². The summed E-state index contributed by atoms with van der Waals surface area (Å²) in [4.78, 5) is 0. The zero-order chi connectivity index (χ0) is 11.5. The summed E-state index contributed by atoms with van der Waals surface area (Å²) in [6.07, 6.45) is 3.54. The summed E-state index contributed by atoms with van der Waals surface area (Å²) in [5, 5.41) is 7.71. The van der Waals surface area contributed by atoms with E-state index in [-0.39, 0.29) is 0 Å². The fraction of sp³-hybridized carbons (Fsp3) is 0.0769. The van der Waals surface area contributed by atoms with Gasteiger partial charge in [-0.1, -0.05) is 35.5 Å². The molecule has 0 atom stereocenters. The van der Waals surface area contributed by atoms with Crippen molar-refractivity contribution in [2.45, 2.75) is 6.61 Å². The lowest BCUT2D eigenvalue weighted by Crippen LogP contribution is -1.96. The molecule has 17 heavy (non-hydrogen) atoms. The second kappa shape index (κ2) is 4.25. The molecule has 3 rings (SSSR count). The van der Waals surface area contributed by atoms with Crippen molar-refractivity contribution in [2.24, 2.45) is 0 Å². The second-order valence-electron chi connectivity index (χ2n) is 3.74. The van der Waals surface area contributed by atoms with Crippen LogP contribution in [0.3, 0.4) is 0 Å². The van der Waals surface area contributed by atoms with Crippen LogP contribution in [0.5, 0.6) is 5.75 Å². The minimum absolute atomic E-state index is 0.568. The number of rotatable bonds is 3. The van der Waals surface area contributed by atoms with E-state index < -0.39 is 0 Å². The molecular formula is C13H11N3O. The van der Waals surface area contributed by atoms with Gasteiger partial charge in [0.1, 0.15) is 12.4 Å². The van der Waals surface area contributed by atoms with Gasteiger partial charge in [-0.25, -0.2) is 4.52 Å². The van der Waals surface area contributed by atoms with Gasteiger partial charge < -0.3 is 4.74 Å². The molecule has 1 aromatic carbocycles. The summed E-state index contributed by atoms with van der Waals surface area (Å²) in [6, 6.07) is 13.9. The molecule has 0 radical (unpaired) electrons. The quantitative estimate of drug-likeness (QED) is 0.686. The highest BCUT2D eigenvalue weighted by Crippen LogP contribution is 2.14. The molecule has 0 aliphatic rings. The largest absolute Gasteiger partial charge is 0.489 e. The van der Waals surface area contributed by atoms with E-state index in [1.807, 2.05) is 48.7 Å². The first kappa shape index (κ1) is 9.84. The average Bonchev–Trinajstić information content (AvgIpc) is 2.85. The van der Waals surface area contributed by atoms with Crippen LogP contribution in [0.1, 0.15) is 5.56 Å². The molecule has 3 aromatic rings. The van der Waals surface area contributed by atoms with Crippen molar-refractivity contribution in [1.82, 2.24) is 14.8 Å². The maximum atomic E-state index is 5.70. The maximum absolute atomic E-state index is 5.70. The summed E-state index contributed by atoms with van der Waals surface area (Å²) in [6.45, 7) is 0.568. The van der Waals surface area contributed by atoms with Crippen molar-refractivity contribution in [3.05, 3.63) is 60.4 Å². The SMILES string of the molecule is c1ccc(COc2ccn3nncc3c2)cc1. The third-order valence-corrected chi connectivity index (χ3v) is 2.52. The smallest absolute Gasteiger partial charge is 0.123 e. The normalized spacial score (nSPS) is 10.6. The number of hydrogen-bond donors (Lipinski definition) is 0. The van der Waals surface area contributed by atoms with Crippen molar-refractivity contribution in [3.8, 4) is 5.75 Å². The van der Waals surface area contributed by atoms with E-state index in [2.05, 4.69) is 10.3 Å². The van der Waals surface area contributed by atoms with Crippen LogP contribution in [0.4, 0.5) is 0 Å². The van der Waals surface area contributed by atoms with Crippen LogP contribution in [-0.2, 0) is 6.61 Å². The maximum Gasteiger partial charge on any atom is 0.123 e. The van der Waals surface area contributed by atoms with Crippen LogP contribution in [0, 0.1) is 0 Å². The highest BCUT2D eigenvalue weighted by molar-refractivity contribution is 5.47. The Morgan fingerprint density at radius 1 is 1.12 bits per heavy atom. The van der Waals surface area contributed by atoms with Crippen LogP contribution in [0.15, 0.2) is 54.9 Å². The third kappa shape index (κ3) is 2.10. The summed E-state index contributed by atoms with van der Waals surface area (Å²) in [5.41, 5.74) is 2.08. The lowest BCUT2D eigenvalue weighted by atomic mass is 10.2. The van der Waals surface area contributed by atoms with E-state index in [1.54, 1.807) is 10.7 Å². The lowest BCUT2D eigenvalue weighted by molar-refractivity contribution is 0.306. The monoisotopic (exact) mass is 225 g/mol. The van der Waals surface area contributed by atoms with E-state index in [0.717, 1.165) is 16.8 Å². The topological polar surface area (TPSA) is 39.4 Å². The van der Waals surface area contributed by atoms with Crippen molar-refractivity contribution < 1.29 is 4.74 Å². The van der Waals surface area contributed by atoms with Crippen LogP contribution < -0.4 is 4.74 Å². The first-order valence-corrected chi connectivity index (χ1v) is 5.39. The molecule has 84 valence electrons. The molecule has 4 nitrogen and oxygen atoms in total. The highest BCUT2D eigenvalue weighted by Gasteiger charge is 1.99. The summed E-state index contributed by atoms with van der Waals surface area (Å²) >= 11 is 0. The average molecular weight is 225 g/mol. The number of nitrogens with zero attached hydrogens (tertiary/aromatic N) is 3. The van der Waals surface area contributed by atoms with Crippen molar-refractivity contribution >= 4 is 5.52 Å². The molecule has 0 bridgehead atoms. The Labute approximate surface area is 98.5 Å². The Morgan fingerprint density at radius 3 is 2.88 bits per heavy atom. The van der Waals surface area contributed by atoms with Gasteiger partial charge in [0.2, 0.25) is 0 Å². The van der Waals surface area contributed by atoms with Gasteiger partial charge in [-0.05, 0) is 11.6 Å². The minimum Gasteiger partial charge on any atom is -0.489 e. The van der Waals surface area contributed by atoms with E-state index in [1.165, 1.54) is 0 Å². The molecule has 0 fully saturated rings. The first-order chi connectivity index (χ1) is 8.42. The Kier molecular flexibility index (Phi) is 2.46. The fourth-order valence-electron chi connectivity index (χ4n) is 1.64. The van der Waals surface area contributed by atoms with Crippen molar-refractivity contribution in [1.29, 1.82) is 0 Å². The molecule has 2 aromatic heterocycles. The number of pyridine rings is 1. The Balaban J connectivity index is 1.76. The van der Waals surface area contributed by atoms with Gasteiger partial charge in [-0.15, -0.1) is 5.10 Å². The van der Waals surface area contributed by atoms with Gasteiger partial charge in [-0.2, -0.15) is 0 Å². The van der Waals surface area contributed by atoms with Crippen molar-refractivity contribution in [3.63, 3.8) is 0 Å². The van der Waals surface area contributed by atoms with Gasteiger partial charge in [0.25, 0.3) is 0 Å². The zero-order valence-electron chi connectivity index (χ0n) is 9.15. The standard InChI is InChI=1S/C13H11N3O/c1-2-4-11(5-3-1)10-17-13-6-7-16-12(8-13)9-14-15-16/h1-9H,10H2. The fourth-order valence-corrected chi connectivity index (χ4v) is 1.64. The van der Waals surface area contributed by atoms with Crippen LogP contribution in [-0.4, -0.2) is 14.8 Å².